The summed E-state index contributed by atoms with van der Waals surface area (Å²) < 4.78 is 27.0. The highest BCUT2D eigenvalue weighted by Crippen LogP contribution is 2.58. The van der Waals surface area contributed by atoms with Crippen LogP contribution < -0.4 is 9.47 Å². The average molecular weight is 496 g/mol. The van der Waals surface area contributed by atoms with Gasteiger partial charge >= 0.3 is 0 Å². The number of hydrogen-bond donors (Lipinski definition) is 1. The van der Waals surface area contributed by atoms with Crippen molar-refractivity contribution in [2.45, 2.75) is 84.6 Å². The third-order valence-electron chi connectivity index (χ3n) is 7.01. The number of nitrogens with zero attached hydrogens (tertiary/aromatic N) is 2. The van der Waals surface area contributed by atoms with E-state index in [0.29, 0.717) is 23.5 Å². The Bertz CT molecular complexity index is 1190. The standard InChI is InChI=1S/C29H38FN3O3/c1-9-35-20-15-18-23(24(30)25(20)36-10-2)26(31)33(29(18)11-12-29)16-19(34)17-13-21(27(3,4)5)32-22(14-17)28(6,7)8/h13-15,31H,9-12,16H2,1-8H3. The van der Waals surface area contributed by atoms with E-state index in [2.05, 4.69) is 41.5 Å². The van der Waals surface area contributed by atoms with Gasteiger partial charge in [0.05, 0.1) is 30.9 Å². The number of rotatable bonds is 7. The lowest BCUT2D eigenvalue weighted by Gasteiger charge is -2.27. The van der Waals surface area contributed by atoms with Crippen molar-refractivity contribution in [1.29, 1.82) is 5.41 Å². The second-order valence-corrected chi connectivity index (χ2v) is 11.8. The number of ketones is 1. The molecule has 0 saturated heterocycles. The number of amidine groups is 1. The molecule has 1 saturated carbocycles. The smallest absolute Gasteiger partial charge is 0.197 e. The molecular formula is C29H38FN3O3. The topological polar surface area (TPSA) is 75.5 Å². The van der Waals surface area contributed by atoms with Gasteiger partial charge in [0.25, 0.3) is 0 Å². The van der Waals surface area contributed by atoms with Crippen molar-refractivity contribution in [2.75, 3.05) is 19.8 Å². The third-order valence-corrected chi connectivity index (χ3v) is 7.01. The Labute approximate surface area is 213 Å². The van der Waals surface area contributed by atoms with Crippen molar-refractivity contribution in [3.05, 3.63) is 52.1 Å². The molecule has 0 unspecified atom stereocenters. The number of nitrogens with one attached hydrogen (secondary N) is 1. The summed E-state index contributed by atoms with van der Waals surface area (Å²) in [4.78, 5) is 20.3. The van der Waals surface area contributed by atoms with Gasteiger partial charge < -0.3 is 14.4 Å². The lowest BCUT2D eigenvalue weighted by molar-refractivity contribution is 0.0943. The minimum atomic E-state index is -0.585. The van der Waals surface area contributed by atoms with Gasteiger partial charge in [-0.2, -0.15) is 0 Å². The summed E-state index contributed by atoms with van der Waals surface area (Å²) in [5, 5.41) is 8.89. The van der Waals surface area contributed by atoms with Crippen LogP contribution in [0.15, 0.2) is 18.2 Å². The second kappa shape index (κ2) is 8.86. The van der Waals surface area contributed by atoms with E-state index < -0.39 is 11.4 Å². The molecule has 36 heavy (non-hydrogen) atoms. The molecular weight excluding hydrogens is 457 g/mol. The molecule has 0 atom stereocenters. The summed E-state index contributed by atoms with van der Waals surface area (Å²) in [6, 6.07) is 5.54. The monoisotopic (exact) mass is 495 g/mol. The average Bonchev–Trinajstić information content (AvgIpc) is 3.55. The Balaban J connectivity index is 1.73. The summed E-state index contributed by atoms with van der Waals surface area (Å²) in [6.07, 6.45) is 1.51. The molecule has 2 aromatic rings. The summed E-state index contributed by atoms with van der Waals surface area (Å²) in [7, 11) is 0. The first-order chi connectivity index (χ1) is 16.7. The van der Waals surface area contributed by atoms with E-state index in [0.717, 1.165) is 24.2 Å². The Kier molecular flexibility index (Phi) is 6.42. The van der Waals surface area contributed by atoms with Crippen LogP contribution in [0.4, 0.5) is 4.39 Å². The molecule has 0 bridgehead atoms. The zero-order valence-electron chi connectivity index (χ0n) is 22.8. The van der Waals surface area contributed by atoms with Gasteiger partial charge in [-0.3, -0.25) is 15.2 Å². The van der Waals surface area contributed by atoms with Crippen molar-refractivity contribution in [2.24, 2.45) is 0 Å². The highest BCUT2D eigenvalue weighted by Gasteiger charge is 2.58. The van der Waals surface area contributed by atoms with E-state index >= 15 is 4.39 Å². The van der Waals surface area contributed by atoms with E-state index in [1.807, 2.05) is 19.1 Å². The van der Waals surface area contributed by atoms with Gasteiger partial charge in [0.1, 0.15) is 5.84 Å². The molecule has 1 aliphatic carbocycles. The van der Waals surface area contributed by atoms with Gasteiger partial charge in [0.15, 0.2) is 23.1 Å². The molecule has 1 spiro atoms. The molecule has 0 amide bonds. The van der Waals surface area contributed by atoms with Crippen LogP contribution in [0.3, 0.4) is 0 Å². The number of aromatic nitrogens is 1. The van der Waals surface area contributed by atoms with Crippen LogP contribution >= 0.6 is 0 Å². The molecule has 1 N–H and O–H groups in total. The van der Waals surface area contributed by atoms with Gasteiger partial charge in [0, 0.05) is 27.8 Å². The zero-order valence-corrected chi connectivity index (χ0v) is 22.8. The summed E-state index contributed by atoms with van der Waals surface area (Å²) in [5.41, 5.74) is 2.22. The lowest BCUT2D eigenvalue weighted by atomic mass is 9.86. The van der Waals surface area contributed by atoms with Crippen molar-refractivity contribution < 1.29 is 18.7 Å². The van der Waals surface area contributed by atoms with Crippen LogP contribution in [0.25, 0.3) is 0 Å². The third kappa shape index (κ3) is 4.37. The Morgan fingerprint density at radius 3 is 2.06 bits per heavy atom. The van der Waals surface area contributed by atoms with Crippen molar-refractivity contribution in [3.8, 4) is 11.5 Å². The van der Waals surface area contributed by atoms with Crippen LogP contribution in [0.1, 0.15) is 101 Å². The molecule has 1 aliphatic heterocycles. The number of fused-ring (bicyclic) bond motifs is 2. The molecule has 1 fully saturated rings. The van der Waals surface area contributed by atoms with Gasteiger partial charge in [-0.15, -0.1) is 0 Å². The summed E-state index contributed by atoms with van der Waals surface area (Å²) in [6.45, 7) is 16.8. The molecule has 6 nitrogen and oxygen atoms in total. The number of Topliss-reactive ketones (excluding diaryl/α,β-unsaturated/α-hetero) is 1. The van der Waals surface area contributed by atoms with E-state index in [1.54, 1.807) is 17.9 Å². The number of halogens is 1. The molecule has 7 heteroatoms. The first-order valence-electron chi connectivity index (χ1n) is 12.8. The number of carbonyl (C=O) groups excluding carboxylic acids is 1. The number of benzene rings is 1. The van der Waals surface area contributed by atoms with Crippen molar-refractivity contribution >= 4 is 11.6 Å². The number of carbonyl (C=O) groups is 1. The molecule has 1 aromatic heterocycles. The minimum Gasteiger partial charge on any atom is -0.490 e. The SMILES string of the molecule is CCOc1cc2c(c(F)c1OCC)C(=N)N(CC(=O)c1cc(C(C)(C)C)nc(C(C)(C)C)c1)C21CC1. The number of hydrogen-bond acceptors (Lipinski definition) is 5. The van der Waals surface area contributed by atoms with Crippen LogP contribution in [-0.2, 0) is 16.4 Å². The normalized spacial score (nSPS) is 16.4. The second-order valence-electron chi connectivity index (χ2n) is 11.8. The van der Waals surface area contributed by atoms with Crippen LogP contribution in [-0.4, -0.2) is 41.3 Å². The molecule has 2 heterocycles. The largest absolute Gasteiger partial charge is 0.490 e. The first-order valence-corrected chi connectivity index (χ1v) is 12.8. The highest BCUT2D eigenvalue weighted by molar-refractivity contribution is 6.07. The van der Waals surface area contributed by atoms with E-state index in [4.69, 9.17) is 19.9 Å². The minimum absolute atomic E-state index is 0.00192. The maximum atomic E-state index is 15.7. The van der Waals surface area contributed by atoms with Crippen LogP contribution in [0, 0.1) is 11.2 Å². The fourth-order valence-corrected chi connectivity index (χ4v) is 4.83. The highest BCUT2D eigenvalue weighted by atomic mass is 19.1. The predicted molar refractivity (Wildman–Crippen MR) is 139 cm³/mol. The van der Waals surface area contributed by atoms with E-state index in [-0.39, 0.29) is 46.9 Å². The number of ether oxygens (including phenoxy) is 2. The molecule has 0 radical (unpaired) electrons. The fourth-order valence-electron chi connectivity index (χ4n) is 4.83. The first kappa shape index (κ1) is 26.1. The Morgan fingerprint density at radius 2 is 1.58 bits per heavy atom. The predicted octanol–water partition coefficient (Wildman–Crippen LogP) is 6.13. The zero-order chi connectivity index (χ0) is 26.6. The summed E-state index contributed by atoms with van der Waals surface area (Å²) >= 11 is 0. The van der Waals surface area contributed by atoms with Crippen LogP contribution in [0.5, 0.6) is 11.5 Å². The number of pyridine rings is 1. The summed E-state index contributed by atoms with van der Waals surface area (Å²) in [5.74, 6) is -0.281. The lowest BCUT2D eigenvalue weighted by Crippen LogP contribution is -2.38. The maximum absolute atomic E-state index is 15.7. The van der Waals surface area contributed by atoms with Gasteiger partial charge in [-0.25, -0.2) is 4.39 Å². The molecule has 194 valence electrons. The van der Waals surface area contributed by atoms with Gasteiger partial charge in [-0.05, 0) is 50.5 Å². The van der Waals surface area contributed by atoms with Crippen molar-refractivity contribution in [3.63, 3.8) is 0 Å². The van der Waals surface area contributed by atoms with Crippen molar-refractivity contribution in [1.82, 2.24) is 9.88 Å². The molecule has 4 rings (SSSR count). The Morgan fingerprint density at radius 1 is 1.03 bits per heavy atom. The maximum Gasteiger partial charge on any atom is 0.197 e. The Hall–Kier alpha value is -2.96. The van der Waals surface area contributed by atoms with Gasteiger partial charge in [-0.1, -0.05) is 41.5 Å². The fraction of sp³-hybridized carbons (Fsp3) is 0.552. The van der Waals surface area contributed by atoms with Crippen LogP contribution in [0.2, 0.25) is 0 Å². The molecule has 1 aromatic carbocycles. The van der Waals surface area contributed by atoms with Gasteiger partial charge in [0.2, 0.25) is 0 Å². The quantitative estimate of drug-likeness (QED) is 0.468. The van der Waals surface area contributed by atoms with E-state index in [9.17, 15) is 4.79 Å². The molecule has 2 aliphatic rings. The van der Waals surface area contributed by atoms with E-state index in [1.165, 1.54) is 0 Å².